The highest BCUT2D eigenvalue weighted by Gasteiger charge is 2.03. The molecule has 2 heteroatoms. The van der Waals surface area contributed by atoms with Gasteiger partial charge in [-0.05, 0) is 39.7 Å². The van der Waals surface area contributed by atoms with E-state index < -0.39 is 0 Å². The van der Waals surface area contributed by atoms with Crippen molar-refractivity contribution in [1.29, 1.82) is 0 Å². The van der Waals surface area contributed by atoms with E-state index in [-0.39, 0.29) is 5.91 Å². The van der Waals surface area contributed by atoms with Crippen LogP contribution in [0.5, 0.6) is 0 Å². The summed E-state index contributed by atoms with van der Waals surface area (Å²) in [6, 6.07) is 0. The fourth-order valence-electron chi connectivity index (χ4n) is 1.18. The molecule has 0 saturated heterocycles. The minimum atomic E-state index is 0.121. The first-order valence-electron chi connectivity index (χ1n) is 5.32. The minimum Gasteiger partial charge on any atom is -0.340 e. The van der Waals surface area contributed by atoms with E-state index in [9.17, 15) is 4.79 Å². The van der Waals surface area contributed by atoms with Crippen molar-refractivity contribution in [2.75, 3.05) is 13.1 Å². The van der Waals surface area contributed by atoms with Crippen LogP contribution in [0.3, 0.4) is 0 Å². The molecular weight excluding hydrogens is 174 g/mol. The predicted molar refractivity (Wildman–Crippen MR) is 61.1 cm³/mol. The van der Waals surface area contributed by atoms with Gasteiger partial charge in [0.2, 0.25) is 5.91 Å². The molecule has 0 N–H and O–H groups in total. The molecule has 0 unspecified atom stereocenters. The SMILES string of the molecule is C/C=C/CC/C=C/C(=O)N(CC)CC. The molecule has 2 nitrogen and oxygen atoms in total. The van der Waals surface area contributed by atoms with Gasteiger partial charge in [0.25, 0.3) is 0 Å². The second-order valence-electron chi connectivity index (χ2n) is 3.06. The highest BCUT2D eigenvalue weighted by molar-refractivity contribution is 5.87. The summed E-state index contributed by atoms with van der Waals surface area (Å²) in [7, 11) is 0. The smallest absolute Gasteiger partial charge is 0.246 e. The van der Waals surface area contributed by atoms with Crippen LogP contribution in [0.25, 0.3) is 0 Å². The summed E-state index contributed by atoms with van der Waals surface area (Å²) in [5, 5.41) is 0. The summed E-state index contributed by atoms with van der Waals surface area (Å²) in [5.74, 6) is 0.121. The molecule has 0 aromatic carbocycles. The van der Waals surface area contributed by atoms with Crippen LogP contribution in [-0.2, 0) is 4.79 Å². The second kappa shape index (κ2) is 8.54. The Hall–Kier alpha value is -1.05. The fourth-order valence-corrected chi connectivity index (χ4v) is 1.18. The molecule has 0 aliphatic heterocycles. The molecule has 0 heterocycles. The maximum Gasteiger partial charge on any atom is 0.246 e. The average Bonchev–Trinajstić information content (AvgIpc) is 2.19. The number of carbonyl (C=O) groups excluding carboxylic acids is 1. The Balaban J connectivity index is 3.80. The number of carbonyl (C=O) groups is 1. The van der Waals surface area contributed by atoms with E-state index in [0.29, 0.717) is 0 Å². The number of hydrogen-bond acceptors (Lipinski definition) is 1. The van der Waals surface area contributed by atoms with Gasteiger partial charge in [-0.15, -0.1) is 0 Å². The molecule has 1 amide bonds. The highest BCUT2D eigenvalue weighted by atomic mass is 16.2. The van der Waals surface area contributed by atoms with Crippen LogP contribution in [-0.4, -0.2) is 23.9 Å². The third-order valence-electron chi connectivity index (χ3n) is 2.07. The van der Waals surface area contributed by atoms with Gasteiger partial charge in [0.05, 0.1) is 0 Å². The van der Waals surface area contributed by atoms with Crippen molar-refractivity contribution in [1.82, 2.24) is 4.90 Å². The molecule has 0 aliphatic rings. The van der Waals surface area contributed by atoms with E-state index in [2.05, 4.69) is 6.08 Å². The van der Waals surface area contributed by atoms with Crippen molar-refractivity contribution in [3.05, 3.63) is 24.3 Å². The topological polar surface area (TPSA) is 20.3 Å². The molecule has 0 fully saturated rings. The van der Waals surface area contributed by atoms with Crippen LogP contribution in [0, 0.1) is 0 Å². The molecule has 0 aromatic rings. The summed E-state index contributed by atoms with van der Waals surface area (Å²) >= 11 is 0. The van der Waals surface area contributed by atoms with Gasteiger partial charge in [-0.2, -0.15) is 0 Å². The minimum absolute atomic E-state index is 0.121. The monoisotopic (exact) mass is 195 g/mol. The highest BCUT2D eigenvalue weighted by Crippen LogP contribution is 1.95. The number of nitrogens with zero attached hydrogens (tertiary/aromatic N) is 1. The second-order valence-corrected chi connectivity index (χ2v) is 3.06. The zero-order chi connectivity index (χ0) is 10.8. The molecule has 0 atom stereocenters. The van der Waals surface area contributed by atoms with E-state index in [4.69, 9.17) is 0 Å². The van der Waals surface area contributed by atoms with Crippen molar-refractivity contribution < 1.29 is 4.79 Å². The first kappa shape index (κ1) is 12.9. The van der Waals surface area contributed by atoms with Gasteiger partial charge in [0, 0.05) is 13.1 Å². The van der Waals surface area contributed by atoms with Crippen molar-refractivity contribution in [3.8, 4) is 0 Å². The predicted octanol–water partition coefficient (Wildman–Crippen LogP) is 2.77. The summed E-state index contributed by atoms with van der Waals surface area (Å²) in [6.45, 7) is 7.57. The van der Waals surface area contributed by atoms with Gasteiger partial charge in [0.15, 0.2) is 0 Å². The van der Waals surface area contributed by atoms with E-state index >= 15 is 0 Å². The first-order chi connectivity index (χ1) is 6.76. The summed E-state index contributed by atoms with van der Waals surface area (Å²) in [6.07, 6.45) is 9.71. The molecule has 0 aliphatic carbocycles. The summed E-state index contributed by atoms with van der Waals surface area (Å²) in [4.78, 5) is 13.3. The van der Waals surface area contributed by atoms with Crippen molar-refractivity contribution in [2.24, 2.45) is 0 Å². The van der Waals surface area contributed by atoms with E-state index in [0.717, 1.165) is 25.9 Å². The van der Waals surface area contributed by atoms with E-state index in [1.807, 2.05) is 37.8 Å². The summed E-state index contributed by atoms with van der Waals surface area (Å²) in [5.41, 5.74) is 0. The molecule has 0 bridgehead atoms. The molecule has 0 spiro atoms. The number of rotatable bonds is 6. The molecule has 0 aromatic heterocycles. The Morgan fingerprint density at radius 3 is 2.21 bits per heavy atom. The third kappa shape index (κ3) is 5.57. The standard InChI is InChI=1S/C12H21NO/c1-4-7-8-9-10-11-12(14)13(5-2)6-3/h4,7,10-11H,5-6,8-9H2,1-3H3/b7-4+,11-10+. The first-order valence-corrected chi connectivity index (χ1v) is 5.32. The average molecular weight is 195 g/mol. The molecule has 80 valence electrons. The van der Waals surface area contributed by atoms with Crippen LogP contribution < -0.4 is 0 Å². The molecule has 14 heavy (non-hydrogen) atoms. The quantitative estimate of drug-likeness (QED) is 0.362. The van der Waals surface area contributed by atoms with Crippen molar-refractivity contribution in [3.63, 3.8) is 0 Å². The van der Waals surface area contributed by atoms with Crippen molar-refractivity contribution >= 4 is 5.91 Å². The zero-order valence-electron chi connectivity index (χ0n) is 9.49. The fraction of sp³-hybridized carbons (Fsp3) is 0.583. The number of amides is 1. The van der Waals surface area contributed by atoms with Gasteiger partial charge in [-0.3, -0.25) is 4.79 Å². The lowest BCUT2D eigenvalue weighted by molar-refractivity contribution is -0.125. The Morgan fingerprint density at radius 1 is 1.14 bits per heavy atom. The molecule has 0 radical (unpaired) electrons. The maximum atomic E-state index is 11.5. The van der Waals surface area contributed by atoms with Crippen LogP contribution in [0.2, 0.25) is 0 Å². The Labute approximate surface area is 87.3 Å². The largest absolute Gasteiger partial charge is 0.340 e. The third-order valence-corrected chi connectivity index (χ3v) is 2.07. The number of unbranched alkanes of at least 4 members (excludes halogenated alkanes) is 1. The van der Waals surface area contributed by atoms with Gasteiger partial charge >= 0.3 is 0 Å². The molecular formula is C12H21NO. The lowest BCUT2D eigenvalue weighted by Crippen LogP contribution is -2.28. The van der Waals surface area contributed by atoms with Crippen LogP contribution in [0.15, 0.2) is 24.3 Å². The van der Waals surface area contributed by atoms with Gasteiger partial charge in [-0.25, -0.2) is 0 Å². The van der Waals surface area contributed by atoms with Gasteiger partial charge in [0.1, 0.15) is 0 Å². The zero-order valence-corrected chi connectivity index (χ0v) is 9.49. The van der Waals surface area contributed by atoms with E-state index in [1.54, 1.807) is 6.08 Å². The Morgan fingerprint density at radius 2 is 1.71 bits per heavy atom. The van der Waals surface area contributed by atoms with Crippen molar-refractivity contribution in [2.45, 2.75) is 33.6 Å². The summed E-state index contributed by atoms with van der Waals surface area (Å²) < 4.78 is 0. The normalized spacial score (nSPS) is 11.4. The molecule has 0 rings (SSSR count). The number of allylic oxidation sites excluding steroid dienone is 3. The molecule has 0 saturated carbocycles. The Kier molecular flexibility index (Phi) is 7.90. The number of likely N-dealkylation sites (N-methyl/N-ethyl adjacent to an activating group) is 1. The van der Waals surface area contributed by atoms with Crippen LogP contribution in [0.4, 0.5) is 0 Å². The Bertz CT molecular complexity index is 202. The van der Waals surface area contributed by atoms with Crippen LogP contribution >= 0.6 is 0 Å². The lowest BCUT2D eigenvalue weighted by atomic mass is 10.2. The lowest BCUT2D eigenvalue weighted by Gasteiger charge is -2.15. The maximum absolute atomic E-state index is 11.5. The van der Waals surface area contributed by atoms with Crippen LogP contribution in [0.1, 0.15) is 33.6 Å². The van der Waals surface area contributed by atoms with Gasteiger partial charge < -0.3 is 4.90 Å². The van der Waals surface area contributed by atoms with E-state index in [1.165, 1.54) is 0 Å². The van der Waals surface area contributed by atoms with Gasteiger partial charge in [-0.1, -0.05) is 18.2 Å². The number of hydrogen-bond donors (Lipinski definition) is 0.